The summed E-state index contributed by atoms with van der Waals surface area (Å²) < 4.78 is 16.0. The van der Waals surface area contributed by atoms with E-state index in [1.54, 1.807) is 22.7 Å². The quantitative estimate of drug-likeness (QED) is 0.149. The van der Waals surface area contributed by atoms with Crippen molar-refractivity contribution < 1.29 is 4.42 Å². The summed E-state index contributed by atoms with van der Waals surface area (Å²) >= 11 is 3.61. The van der Waals surface area contributed by atoms with Gasteiger partial charge in [0.2, 0.25) is 5.69 Å². The van der Waals surface area contributed by atoms with E-state index in [1.165, 1.54) is 31.3 Å². The van der Waals surface area contributed by atoms with Crippen molar-refractivity contribution in [3.05, 3.63) is 284 Å². The van der Waals surface area contributed by atoms with E-state index in [0.717, 1.165) is 125 Å². The molecule has 0 aliphatic carbocycles. The fourth-order valence-corrected chi connectivity index (χ4v) is 16.7. The van der Waals surface area contributed by atoms with Crippen molar-refractivity contribution in [1.82, 2.24) is 9.13 Å². The molecule has 0 spiro atoms. The van der Waals surface area contributed by atoms with Crippen molar-refractivity contribution in [3.63, 3.8) is 0 Å². The fourth-order valence-electron chi connectivity index (χ4n) is 14.2. The van der Waals surface area contributed by atoms with Crippen LogP contribution in [-0.2, 0) is 0 Å². The molecule has 0 fully saturated rings. The number of rotatable bonds is 7. The first kappa shape index (κ1) is 49.1. The van der Waals surface area contributed by atoms with Crippen LogP contribution >= 0.6 is 22.7 Å². The summed E-state index contributed by atoms with van der Waals surface area (Å²) in [5.74, 6) is 0. The highest BCUT2D eigenvalue weighted by Gasteiger charge is 2.33. The minimum atomic E-state index is 0.388. The summed E-state index contributed by atoms with van der Waals surface area (Å²) in [6, 6.07) is 97.4. The monoisotopic (exact) mass is 1140 g/mol. The molecule has 0 amide bonds. The van der Waals surface area contributed by atoms with Crippen molar-refractivity contribution >= 4 is 134 Å². The molecular formula is C80H44N4OS2. The van der Waals surface area contributed by atoms with Gasteiger partial charge >= 0.3 is 0 Å². The van der Waals surface area contributed by atoms with Crippen molar-refractivity contribution in [1.29, 1.82) is 5.26 Å². The van der Waals surface area contributed by atoms with Crippen molar-refractivity contribution in [2.45, 2.75) is 0 Å². The zero-order valence-corrected chi connectivity index (χ0v) is 48.1. The Hall–Kier alpha value is -11.3. The molecule has 0 aliphatic heterocycles. The van der Waals surface area contributed by atoms with E-state index in [1.807, 2.05) is 48.5 Å². The third-order valence-corrected chi connectivity index (χ3v) is 20.1. The number of thiophene rings is 2. The number of hydrogen-bond donors (Lipinski definition) is 0. The fraction of sp³-hybridized carbons (Fsp3) is 0. The minimum Gasteiger partial charge on any atom is -0.455 e. The lowest BCUT2D eigenvalue weighted by Crippen LogP contribution is -2.09. The van der Waals surface area contributed by atoms with Crippen molar-refractivity contribution in [2.24, 2.45) is 0 Å². The van der Waals surface area contributed by atoms with Crippen LogP contribution in [0.3, 0.4) is 0 Å². The maximum atomic E-state index is 12.5. The standard InChI is InChI=1S/C80H44N4OS2/c1-82-73-69(49-25-10-4-11-26-49)63(46-81)74(70(50-27-12-5-13-28-50)77(73)83-64-35-16-14-29-55(64)62-45-51(39-44-65(62)83)54-33-18-34-59-56-30-15-17-36-66(56)85-78(54)59)84-75-57(40-42-60-71-52(47-21-6-2-7-22-47)31-19-37-67(71)86-79(60)75)58-41-43-61-72-53(48-23-8-3-9-24-48)32-20-38-68(72)87-80(61)76(58)84/h2-45H. The Labute approximate surface area is 506 Å². The summed E-state index contributed by atoms with van der Waals surface area (Å²) in [5.41, 5.74) is 17.5. The molecule has 5 aromatic heterocycles. The van der Waals surface area contributed by atoms with E-state index in [2.05, 4.69) is 238 Å². The molecule has 5 heterocycles. The maximum Gasteiger partial charge on any atom is 0.220 e. The number of furan rings is 1. The smallest absolute Gasteiger partial charge is 0.220 e. The third kappa shape index (κ3) is 7.10. The van der Waals surface area contributed by atoms with Gasteiger partial charge in [0, 0.05) is 80.0 Å². The van der Waals surface area contributed by atoms with Gasteiger partial charge in [0.1, 0.15) is 17.2 Å². The Balaban J connectivity index is 1.05. The summed E-state index contributed by atoms with van der Waals surface area (Å²) in [4.78, 5) is 4.67. The third-order valence-electron chi connectivity index (χ3n) is 17.8. The molecule has 0 N–H and O–H groups in total. The van der Waals surface area contributed by atoms with Crippen LogP contribution in [0, 0.1) is 17.9 Å². The van der Waals surface area contributed by atoms with Crippen molar-refractivity contribution in [3.8, 4) is 73.1 Å². The number of nitriles is 1. The van der Waals surface area contributed by atoms with Gasteiger partial charge in [-0.05, 0) is 75.3 Å². The molecule has 0 radical (unpaired) electrons. The Bertz CT molecular complexity index is 5840. The lowest BCUT2D eigenvalue weighted by atomic mass is 9.88. The zero-order valence-electron chi connectivity index (χ0n) is 46.4. The lowest BCUT2D eigenvalue weighted by molar-refractivity contribution is 0.670. The Morgan fingerprint density at radius 1 is 0.379 bits per heavy atom. The van der Waals surface area contributed by atoms with Crippen molar-refractivity contribution in [2.75, 3.05) is 0 Å². The van der Waals surface area contributed by atoms with Crippen LogP contribution in [-0.4, -0.2) is 9.13 Å². The van der Waals surface area contributed by atoms with E-state index in [0.29, 0.717) is 28.2 Å². The van der Waals surface area contributed by atoms with E-state index in [9.17, 15) is 11.8 Å². The topological polar surface area (TPSA) is 51.1 Å². The van der Waals surface area contributed by atoms with Gasteiger partial charge in [-0.15, -0.1) is 22.7 Å². The van der Waals surface area contributed by atoms with Gasteiger partial charge in [0.05, 0.1) is 55.0 Å². The van der Waals surface area contributed by atoms with Gasteiger partial charge < -0.3 is 13.6 Å². The molecular weight excluding hydrogens is 1100 g/mol. The highest BCUT2D eigenvalue weighted by molar-refractivity contribution is 7.27. The highest BCUT2D eigenvalue weighted by Crippen LogP contribution is 2.56. The van der Waals surface area contributed by atoms with E-state index in [-0.39, 0.29) is 0 Å². The number of hydrogen-bond acceptors (Lipinski definition) is 4. The Morgan fingerprint density at radius 3 is 1.47 bits per heavy atom. The first-order valence-electron chi connectivity index (χ1n) is 29.1. The van der Waals surface area contributed by atoms with Gasteiger partial charge in [-0.1, -0.05) is 231 Å². The van der Waals surface area contributed by atoms with Gasteiger partial charge in [0.25, 0.3) is 0 Å². The van der Waals surface area contributed by atoms with Gasteiger partial charge in [-0.2, -0.15) is 5.26 Å². The second-order valence-corrected chi connectivity index (χ2v) is 24.4. The normalized spacial score (nSPS) is 11.9. The average Bonchev–Trinajstić information content (AvgIpc) is 1.95. The van der Waals surface area contributed by atoms with Crippen LogP contribution in [0.25, 0.3) is 178 Å². The first-order valence-corrected chi connectivity index (χ1v) is 30.7. The maximum absolute atomic E-state index is 12.5. The van der Waals surface area contributed by atoms with Gasteiger partial charge in [0.15, 0.2) is 0 Å². The number of aromatic nitrogens is 2. The Kier molecular flexibility index (Phi) is 10.8. The second kappa shape index (κ2) is 19.1. The number of para-hydroxylation sites is 3. The van der Waals surface area contributed by atoms with Crippen LogP contribution in [0.5, 0.6) is 0 Å². The molecule has 5 nitrogen and oxygen atoms in total. The summed E-state index contributed by atoms with van der Waals surface area (Å²) in [7, 11) is 0. The van der Waals surface area contributed by atoms with Crippen LogP contribution in [0.4, 0.5) is 5.69 Å². The first-order chi connectivity index (χ1) is 43.1. The van der Waals surface area contributed by atoms with E-state index >= 15 is 0 Å². The molecule has 0 atom stereocenters. The molecule has 0 bridgehead atoms. The average molecular weight is 1140 g/mol. The van der Waals surface area contributed by atoms with Crippen LogP contribution in [0.1, 0.15) is 5.56 Å². The van der Waals surface area contributed by atoms with Gasteiger partial charge in [-0.3, -0.25) is 0 Å². The predicted molar refractivity (Wildman–Crippen MR) is 366 cm³/mol. The summed E-state index contributed by atoms with van der Waals surface area (Å²) in [6.45, 7) is 9.61. The van der Waals surface area contributed by atoms with Crippen LogP contribution < -0.4 is 0 Å². The molecule has 0 saturated carbocycles. The van der Waals surface area contributed by atoms with Gasteiger partial charge in [-0.25, -0.2) is 4.85 Å². The Morgan fingerprint density at radius 2 is 0.874 bits per heavy atom. The largest absolute Gasteiger partial charge is 0.455 e. The summed E-state index contributed by atoms with van der Waals surface area (Å²) in [5, 5.41) is 23.6. The molecule has 7 heteroatoms. The molecule has 18 aromatic rings. The molecule has 0 aliphatic rings. The second-order valence-electron chi connectivity index (χ2n) is 22.3. The number of nitrogens with zero attached hydrogens (tertiary/aromatic N) is 4. The summed E-state index contributed by atoms with van der Waals surface area (Å²) in [6.07, 6.45) is 0. The molecule has 87 heavy (non-hydrogen) atoms. The number of benzene rings is 13. The highest BCUT2D eigenvalue weighted by atomic mass is 32.1. The van der Waals surface area contributed by atoms with E-state index in [4.69, 9.17) is 4.42 Å². The van der Waals surface area contributed by atoms with Crippen LogP contribution in [0.2, 0.25) is 0 Å². The molecule has 18 rings (SSSR count). The molecule has 13 aromatic carbocycles. The SMILES string of the molecule is [C-]#[N+]c1c(-c2ccccc2)c(C#N)c(-n2c3c(ccc4c3sc3cccc(-c5ccccc5)c34)c3ccc4c(sc5cccc(-c6ccccc6)c54)c32)c(-c2ccccc2)c1-n1c2ccccc2c2cc(-c3cccc4c3oc3ccccc34)ccc21. The van der Waals surface area contributed by atoms with E-state index < -0.39 is 0 Å². The number of fused-ring (bicyclic) bond motifs is 17. The molecule has 0 unspecified atom stereocenters. The van der Waals surface area contributed by atoms with Crippen LogP contribution in [0.15, 0.2) is 271 Å². The molecule has 402 valence electrons. The lowest BCUT2D eigenvalue weighted by Gasteiger charge is -2.26. The molecule has 0 saturated heterocycles. The zero-order chi connectivity index (χ0) is 57.4. The minimum absolute atomic E-state index is 0.388. The predicted octanol–water partition coefficient (Wildman–Crippen LogP) is 23.3.